The Morgan fingerprint density at radius 3 is 2.70 bits per heavy atom. The van der Waals surface area contributed by atoms with Crippen molar-refractivity contribution in [2.45, 2.75) is 24.8 Å². The van der Waals surface area contributed by atoms with Gasteiger partial charge in [0.05, 0.1) is 28.4 Å². The first-order valence-electron chi connectivity index (χ1n) is 6.43. The molecular formula is C13H14BrClN2O2S. The van der Waals surface area contributed by atoms with Gasteiger partial charge in [-0.3, -0.25) is 0 Å². The molecule has 0 aliphatic carbocycles. The van der Waals surface area contributed by atoms with Crippen molar-refractivity contribution in [1.29, 1.82) is 0 Å². The zero-order chi connectivity index (χ0) is 14.3. The molecule has 0 radical (unpaired) electrons. The van der Waals surface area contributed by atoms with Crippen LogP contribution in [0.2, 0.25) is 0 Å². The van der Waals surface area contributed by atoms with E-state index in [2.05, 4.69) is 25.5 Å². The number of sulfone groups is 1. The third kappa shape index (κ3) is 2.61. The molecule has 0 N–H and O–H groups in total. The smallest absolute Gasteiger partial charge is 0.150 e. The van der Waals surface area contributed by atoms with Crippen LogP contribution in [0, 0.1) is 0 Å². The van der Waals surface area contributed by atoms with Gasteiger partial charge in [0, 0.05) is 10.5 Å². The number of imidazole rings is 1. The summed E-state index contributed by atoms with van der Waals surface area (Å²) in [5.74, 6) is 1.62. The SMILES string of the molecule is O=S1(=O)CCC(n2c(CCl)nc3ccc(Br)cc32)CC1. The fourth-order valence-electron chi connectivity index (χ4n) is 2.75. The highest BCUT2D eigenvalue weighted by molar-refractivity contribution is 9.10. The van der Waals surface area contributed by atoms with E-state index >= 15 is 0 Å². The molecule has 1 aliphatic heterocycles. The molecule has 0 spiro atoms. The van der Waals surface area contributed by atoms with Gasteiger partial charge in [-0.2, -0.15) is 0 Å². The van der Waals surface area contributed by atoms with E-state index in [1.807, 2.05) is 18.2 Å². The summed E-state index contributed by atoms with van der Waals surface area (Å²) in [5, 5.41) is 0. The van der Waals surface area contributed by atoms with Crippen LogP contribution in [0.4, 0.5) is 0 Å². The normalized spacial score (nSPS) is 19.5. The lowest BCUT2D eigenvalue weighted by Crippen LogP contribution is -2.26. The quantitative estimate of drug-likeness (QED) is 0.755. The zero-order valence-electron chi connectivity index (χ0n) is 10.7. The van der Waals surface area contributed by atoms with Crippen LogP contribution in [0.15, 0.2) is 22.7 Å². The summed E-state index contributed by atoms with van der Waals surface area (Å²) < 4.78 is 26.3. The Bertz CT molecular complexity index is 743. The fourth-order valence-corrected chi connectivity index (χ4v) is 4.76. The minimum Gasteiger partial charge on any atom is -0.324 e. The molecule has 7 heteroatoms. The van der Waals surface area contributed by atoms with Gasteiger partial charge >= 0.3 is 0 Å². The molecule has 2 aromatic rings. The van der Waals surface area contributed by atoms with Crippen LogP contribution in [0.3, 0.4) is 0 Å². The molecule has 1 aliphatic rings. The summed E-state index contributed by atoms with van der Waals surface area (Å²) in [7, 11) is -2.86. The second kappa shape index (κ2) is 5.31. The molecule has 1 aromatic heterocycles. The van der Waals surface area contributed by atoms with Crippen LogP contribution < -0.4 is 0 Å². The number of aromatic nitrogens is 2. The molecule has 3 rings (SSSR count). The highest BCUT2D eigenvalue weighted by atomic mass is 79.9. The van der Waals surface area contributed by atoms with Gasteiger partial charge < -0.3 is 4.57 Å². The van der Waals surface area contributed by atoms with E-state index in [-0.39, 0.29) is 17.5 Å². The molecule has 0 amide bonds. The van der Waals surface area contributed by atoms with Crippen molar-refractivity contribution in [3.63, 3.8) is 0 Å². The van der Waals surface area contributed by atoms with Gasteiger partial charge in [0.25, 0.3) is 0 Å². The number of hydrogen-bond acceptors (Lipinski definition) is 3. The van der Waals surface area contributed by atoms with Crippen molar-refractivity contribution in [2.75, 3.05) is 11.5 Å². The Kier molecular flexibility index (Phi) is 3.81. The summed E-state index contributed by atoms with van der Waals surface area (Å²) in [6.07, 6.45) is 1.26. The van der Waals surface area contributed by atoms with Crippen molar-refractivity contribution >= 4 is 48.4 Å². The van der Waals surface area contributed by atoms with Gasteiger partial charge in [-0.1, -0.05) is 15.9 Å². The van der Waals surface area contributed by atoms with E-state index < -0.39 is 9.84 Å². The number of halogens is 2. The summed E-state index contributed by atoms with van der Waals surface area (Å²) in [4.78, 5) is 4.54. The monoisotopic (exact) mass is 376 g/mol. The topological polar surface area (TPSA) is 52.0 Å². The zero-order valence-corrected chi connectivity index (χ0v) is 13.9. The average Bonchev–Trinajstić information content (AvgIpc) is 2.76. The number of rotatable bonds is 2. The van der Waals surface area contributed by atoms with Gasteiger partial charge in [0.1, 0.15) is 15.7 Å². The Hall–Kier alpha value is -0.590. The van der Waals surface area contributed by atoms with E-state index in [1.165, 1.54) is 0 Å². The summed E-state index contributed by atoms with van der Waals surface area (Å²) in [6.45, 7) is 0. The van der Waals surface area contributed by atoms with Crippen LogP contribution in [0.5, 0.6) is 0 Å². The van der Waals surface area contributed by atoms with Crippen molar-refractivity contribution < 1.29 is 8.42 Å². The van der Waals surface area contributed by atoms with Crippen molar-refractivity contribution in [2.24, 2.45) is 0 Å². The predicted molar refractivity (Wildman–Crippen MR) is 83.9 cm³/mol. The number of alkyl halides is 1. The fraction of sp³-hybridized carbons (Fsp3) is 0.462. The Morgan fingerprint density at radius 2 is 2.05 bits per heavy atom. The maximum Gasteiger partial charge on any atom is 0.150 e. The second-order valence-electron chi connectivity index (χ2n) is 5.05. The van der Waals surface area contributed by atoms with E-state index in [0.717, 1.165) is 21.3 Å². The molecular weight excluding hydrogens is 364 g/mol. The minimum absolute atomic E-state index is 0.159. The largest absolute Gasteiger partial charge is 0.324 e. The lowest BCUT2D eigenvalue weighted by atomic mass is 10.1. The van der Waals surface area contributed by atoms with Crippen molar-refractivity contribution in [3.8, 4) is 0 Å². The van der Waals surface area contributed by atoms with Crippen LogP contribution in [-0.2, 0) is 15.7 Å². The molecule has 1 fully saturated rings. The standard InChI is InChI=1S/C13H14BrClN2O2S/c14-9-1-2-11-12(7-9)17(13(8-15)16-11)10-3-5-20(18,19)6-4-10/h1-2,7,10H,3-6,8H2. The molecule has 0 atom stereocenters. The Morgan fingerprint density at radius 1 is 1.35 bits per heavy atom. The third-order valence-corrected chi connectivity index (χ3v) is 6.18. The molecule has 0 unspecified atom stereocenters. The maximum atomic E-state index is 11.6. The molecule has 4 nitrogen and oxygen atoms in total. The Balaban J connectivity index is 2.08. The number of nitrogens with zero attached hydrogens (tertiary/aromatic N) is 2. The van der Waals surface area contributed by atoms with E-state index in [9.17, 15) is 8.42 Å². The van der Waals surface area contributed by atoms with E-state index in [4.69, 9.17) is 11.6 Å². The lowest BCUT2D eigenvalue weighted by Gasteiger charge is -2.25. The summed E-state index contributed by atoms with van der Waals surface area (Å²) >= 11 is 9.48. The minimum atomic E-state index is -2.86. The molecule has 1 saturated heterocycles. The van der Waals surface area contributed by atoms with Crippen molar-refractivity contribution in [1.82, 2.24) is 9.55 Å². The summed E-state index contributed by atoms with van der Waals surface area (Å²) in [5.41, 5.74) is 1.91. The molecule has 2 heterocycles. The first kappa shape index (κ1) is 14.4. The number of benzene rings is 1. The highest BCUT2D eigenvalue weighted by Gasteiger charge is 2.27. The predicted octanol–water partition coefficient (Wildman–Crippen LogP) is 3.29. The molecule has 0 saturated carbocycles. The molecule has 1 aromatic carbocycles. The highest BCUT2D eigenvalue weighted by Crippen LogP contribution is 2.31. The average molecular weight is 378 g/mol. The van der Waals surface area contributed by atoms with Crippen LogP contribution in [-0.4, -0.2) is 29.5 Å². The van der Waals surface area contributed by atoms with Gasteiger partial charge in [0.2, 0.25) is 0 Å². The summed E-state index contributed by atoms with van der Waals surface area (Å²) in [6, 6.07) is 6.07. The van der Waals surface area contributed by atoms with Crippen LogP contribution >= 0.6 is 27.5 Å². The number of hydrogen-bond donors (Lipinski definition) is 0. The Labute approximate surface area is 131 Å². The number of fused-ring (bicyclic) bond motifs is 1. The van der Waals surface area contributed by atoms with Crippen molar-refractivity contribution in [3.05, 3.63) is 28.5 Å². The first-order chi connectivity index (χ1) is 9.50. The molecule has 0 bridgehead atoms. The van der Waals surface area contributed by atoms with Crippen LogP contribution in [0.1, 0.15) is 24.7 Å². The second-order valence-corrected chi connectivity index (χ2v) is 8.53. The van der Waals surface area contributed by atoms with E-state index in [0.29, 0.717) is 18.7 Å². The lowest BCUT2D eigenvalue weighted by molar-refractivity contribution is 0.450. The van der Waals surface area contributed by atoms with Gasteiger partial charge in [0.15, 0.2) is 0 Å². The maximum absolute atomic E-state index is 11.6. The van der Waals surface area contributed by atoms with Crippen LogP contribution in [0.25, 0.3) is 11.0 Å². The van der Waals surface area contributed by atoms with E-state index in [1.54, 1.807) is 0 Å². The first-order valence-corrected chi connectivity index (χ1v) is 9.58. The van der Waals surface area contributed by atoms with Gasteiger partial charge in [-0.15, -0.1) is 11.6 Å². The molecule has 20 heavy (non-hydrogen) atoms. The third-order valence-electron chi connectivity index (χ3n) is 3.73. The van der Waals surface area contributed by atoms with Gasteiger partial charge in [-0.25, -0.2) is 13.4 Å². The molecule has 108 valence electrons. The van der Waals surface area contributed by atoms with Gasteiger partial charge in [-0.05, 0) is 31.0 Å².